The van der Waals surface area contributed by atoms with Crippen LogP contribution in [0.2, 0.25) is 0 Å². The monoisotopic (exact) mass is 348 g/mol. The average molecular weight is 348 g/mol. The van der Waals surface area contributed by atoms with E-state index in [0.29, 0.717) is 25.3 Å². The van der Waals surface area contributed by atoms with Crippen LogP contribution in [-0.2, 0) is 4.79 Å². The SMILES string of the molecule is CC(=O)N1CCN(C(=O)c2n[nH]c3ccccc23)C(c2ccccc2)C1. The van der Waals surface area contributed by atoms with Crippen LogP contribution in [0.4, 0.5) is 0 Å². The van der Waals surface area contributed by atoms with Gasteiger partial charge in [0.2, 0.25) is 5.91 Å². The summed E-state index contributed by atoms with van der Waals surface area (Å²) in [6.07, 6.45) is 0. The molecule has 1 aromatic heterocycles. The summed E-state index contributed by atoms with van der Waals surface area (Å²) in [5.74, 6) is -0.0808. The Balaban J connectivity index is 1.71. The predicted octanol–water partition coefficient (Wildman–Crippen LogP) is 2.61. The van der Waals surface area contributed by atoms with E-state index in [0.717, 1.165) is 16.5 Å². The zero-order chi connectivity index (χ0) is 18.1. The number of aromatic amines is 1. The zero-order valence-corrected chi connectivity index (χ0v) is 14.6. The standard InChI is InChI=1S/C20H20N4O2/c1-14(25)23-11-12-24(18(13-23)15-7-3-2-4-8-15)20(26)19-16-9-5-6-10-17(16)21-22-19/h2-10,18H,11-13H2,1H3,(H,21,22). The molecule has 1 atom stereocenters. The molecule has 1 saturated heterocycles. The third-order valence-electron chi connectivity index (χ3n) is 4.94. The number of piperazine rings is 1. The van der Waals surface area contributed by atoms with Crippen molar-refractivity contribution < 1.29 is 9.59 Å². The molecule has 6 heteroatoms. The quantitative estimate of drug-likeness (QED) is 0.774. The van der Waals surface area contributed by atoms with Crippen molar-refractivity contribution in [2.45, 2.75) is 13.0 Å². The maximum Gasteiger partial charge on any atom is 0.275 e. The Labute approximate surface area is 151 Å². The second-order valence-electron chi connectivity index (χ2n) is 6.51. The van der Waals surface area contributed by atoms with E-state index in [1.165, 1.54) is 0 Å². The van der Waals surface area contributed by atoms with Crippen LogP contribution in [0.15, 0.2) is 54.6 Å². The first-order valence-electron chi connectivity index (χ1n) is 8.69. The van der Waals surface area contributed by atoms with E-state index in [1.54, 1.807) is 11.8 Å². The number of fused-ring (bicyclic) bond motifs is 1. The van der Waals surface area contributed by atoms with Gasteiger partial charge in [-0.25, -0.2) is 0 Å². The molecule has 2 amide bonds. The molecule has 0 aliphatic carbocycles. The number of amides is 2. The maximum atomic E-state index is 13.3. The number of H-pyrrole nitrogens is 1. The lowest BCUT2D eigenvalue weighted by Gasteiger charge is -2.41. The topological polar surface area (TPSA) is 69.3 Å². The second-order valence-corrected chi connectivity index (χ2v) is 6.51. The Kier molecular flexibility index (Phi) is 4.16. The van der Waals surface area contributed by atoms with E-state index < -0.39 is 0 Å². The fourth-order valence-corrected chi connectivity index (χ4v) is 3.54. The van der Waals surface area contributed by atoms with Gasteiger partial charge in [-0.15, -0.1) is 0 Å². The van der Waals surface area contributed by atoms with E-state index in [2.05, 4.69) is 10.2 Å². The molecule has 0 saturated carbocycles. The molecule has 3 aromatic rings. The maximum absolute atomic E-state index is 13.3. The fourth-order valence-electron chi connectivity index (χ4n) is 3.54. The first-order chi connectivity index (χ1) is 12.6. The summed E-state index contributed by atoms with van der Waals surface area (Å²) in [6, 6.07) is 17.3. The van der Waals surface area contributed by atoms with Crippen molar-refractivity contribution in [2.75, 3.05) is 19.6 Å². The summed E-state index contributed by atoms with van der Waals surface area (Å²) in [4.78, 5) is 28.8. The van der Waals surface area contributed by atoms with Crippen LogP contribution in [0.5, 0.6) is 0 Å². The molecule has 6 nitrogen and oxygen atoms in total. The smallest absolute Gasteiger partial charge is 0.275 e. The van der Waals surface area contributed by atoms with E-state index in [1.807, 2.05) is 59.5 Å². The van der Waals surface area contributed by atoms with Gasteiger partial charge >= 0.3 is 0 Å². The molecule has 0 bridgehead atoms. The predicted molar refractivity (Wildman–Crippen MR) is 98.6 cm³/mol. The van der Waals surface area contributed by atoms with Crippen molar-refractivity contribution in [1.82, 2.24) is 20.0 Å². The molecule has 0 radical (unpaired) electrons. The zero-order valence-electron chi connectivity index (χ0n) is 14.6. The Morgan fingerprint density at radius 1 is 1.04 bits per heavy atom. The number of benzene rings is 2. The molecular weight excluding hydrogens is 328 g/mol. The van der Waals surface area contributed by atoms with Gasteiger partial charge in [-0.1, -0.05) is 48.5 Å². The van der Waals surface area contributed by atoms with E-state index in [9.17, 15) is 9.59 Å². The number of carbonyl (C=O) groups excluding carboxylic acids is 2. The molecule has 0 spiro atoms. The molecule has 2 aromatic carbocycles. The molecule has 4 rings (SSSR count). The van der Waals surface area contributed by atoms with Crippen LogP contribution >= 0.6 is 0 Å². The summed E-state index contributed by atoms with van der Waals surface area (Å²) < 4.78 is 0. The molecule has 132 valence electrons. The number of hydrogen-bond donors (Lipinski definition) is 1. The molecule has 26 heavy (non-hydrogen) atoms. The normalized spacial score (nSPS) is 17.5. The minimum absolute atomic E-state index is 0.0308. The number of aromatic nitrogens is 2. The number of nitrogens with one attached hydrogen (secondary N) is 1. The summed E-state index contributed by atoms with van der Waals surface area (Å²) in [6.45, 7) is 3.08. The molecule has 2 heterocycles. The number of hydrogen-bond acceptors (Lipinski definition) is 3. The lowest BCUT2D eigenvalue weighted by Crippen LogP contribution is -2.52. The van der Waals surface area contributed by atoms with Crippen molar-refractivity contribution in [2.24, 2.45) is 0 Å². The molecule has 1 aliphatic rings. The van der Waals surface area contributed by atoms with Crippen LogP contribution in [0.25, 0.3) is 10.9 Å². The van der Waals surface area contributed by atoms with Gasteiger partial charge in [0.25, 0.3) is 5.91 Å². The number of para-hydroxylation sites is 1. The highest BCUT2D eigenvalue weighted by atomic mass is 16.2. The summed E-state index contributed by atoms with van der Waals surface area (Å²) in [7, 11) is 0. The van der Waals surface area contributed by atoms with Gasteiger partial charge in [-0.3, -0.25) is 14.7 Å². The second kappa shape index (κ2) is 6.63. The van der Waals surface area contributed by atoms with Gasteiger partial charge in [0.05, 0.1) is 11.6 Å². The lowest BCUT2D eigenvalue weighted by atomic mass is 10.0. The highest BCUT2D eigenvalue weighted by molar-refractivity contribution is 6.04. The molecule has 1 aliphatic heterocycles. The minimum atomic E-state index is -0.184. The van der Waals surface area contributed by atoms with E-state index >= 15 is 0 Å². The fraction of sp³-hybridized carbons (Fsp3) is 0.250. The van der Waals surface area contributed by atoms with Gasteiger partial charge in [0.1, 0.15) is 0 Å². The van der Waals surface area contributed by atoms with Crippen molar-refractivity contribution >= 4 is 22.7 Å². The number of nitrogens with zero attached hydrogens (tertiary/aromatic N) is 3. The summed E-state index contributed by atoms with van der Waals surface area (Å²) >= 11 is 0. The van der Waals surface area contributed by atoms with E-state index in [4.69, 9.17) is 0 Å². The largest absolute Gasteiger partial charge is 0.339 e. The molecule has 1 N–H and O–H groups in total. The van der Waals surface area contributed by atoms with Crippen LogP contribution in [0, 0.1) is 0 Å². The minimum Gasteiger partial charge on any atom is -0.339 e. The highest BCUT2D eigenvalue weighted by Gasteiger charge is 2.34. The Morgan fingerprint density at radius 2 is 1.77 bits per heavy atom. The first kappa shape index (κ1) is 16.3. The van der Waals surface area contributed by atoms with Gasteiger partial charge < -0.3 is 9.80 Å². The molecular formula is C20H20N4O2. The van der Waals surface area contributed by atoms with Crippen molar-refractivity contribution in [3.8, 4) is 0 Å². The molecule has 1 unspecified atom stereocenters. The average Bonchev–Trinajstić information content (AvgIpc) is 3.12. The van der Waals surface area contributed by atoms with Gasteiger partial charge in [0.15, 0.2) is 5.69 Å². The van der Waals surface area contributed by atoms with Crippen LogP contribution in [0.1, 0.15) is 29.0 Å². The third kappa shape index (κ3) is 2.83. The summed E-state index contributed by atoms with van der Waals surface area (Å²) in [5, 5.41) is 8.00. The van der Waals surface area contributed by atoms with E-state index in [-0.39, 0.29) is 17.9 Å². The van der Waals surface area contributed by atoms with Gasteiger partial charge in [-0.05, 0) is 11.6 Å². The third-order valence-corrected chi connectivity index (χ3v) is 4.94. The van der Waals surface area contributed by atoms with Gasteiger partial charge in [0, 0.05) is 31.9 Å². The Hall–Kier alpha value is -3.15. The van der Waals surface area contributed by atoms with Gasteiger partial charge in [-0.2, -0.15) is 5.10 Å². The Bertz CT molecular complexity index is 951. The van der Waals surface area contributed by atoms with Crippen LogP contribution in [-0.4, -0.2) is 51.4 Å². The number of carbonyl (C=O) groups is 2. The van der Waals surface area contributed by atoms with Crippen LogP contribution in [0.3, 0.4) is 0 Å². The first-order valence-corrected chi connectivity index (χ1v) is 8.69. The summed E-state index contributed by atoms with van der Waals surface area (Å²) in [5.41, 5.74) is 2.29. The molecule has 1 fully saturated rings. The van der Waals surface area contributed by atoms with Crippen molar-refractivity contribution in [3.63, 3.8) is 0 Å². The highest BCUT2D eigenvalue weighted by Crippen LogP contribution is 2.28. The van der Waals surface area contributed by atoms with Crippen molar-refractivity contribution in [3.05, 3.63) is 65.9 Å². The number of rotatable bonds is 2. The lowest BCUT2D eigenvalue weighted by molar-refractivity contribution is -0.131. The van der Waals surface area contributed by atoms with Crippen molar-refractivity contribution in [1.29, 1.82) is 0 Å². The Morgan fingerprint density at radius 3 is 2.54 bits per heavy atom. The van der Waals surface area contributed by atoms with Crippen LogP contribution < -0.4 is 0 Å².